The van der Waals surface area contributed by atoms with Gasteiger partial charge in [-0.05, 0) is 81.4 Å². The van der Waals surface area contributed by atoms with Crippen molar-refractivity contribution in [2.45, 2.75) is 75.9 Å². The van der Waals surface area contributed by atoms with Crippen LogP contribution in [-0.2, 0) is 11.8 Å². The summed E-state index contributed by atoms with van der Waals surface area (Å²) in [6.45, 7) is 2.52. The molecule has 1 N–H and O–H groups in total. The summed E-state index contributed by atoms with van der Waals surface area (Å²) in [6, 6.07) is 4.24. The fraction of sp³-hybridized carbons (Fsp3) is 0.643. The monoisotopic (exact) mass is 507 g/mol. The number of likely N-dealkylation sites (tertiary alicyclic amines) is 1. The van der Waals surface area contributed by atoms with Gasteiger partial charge >= 0.3 is 0 Å². The maximum Gasteiger partial charge on any atom is 0.290 e. The van der Waals surface area contributed by atoms with Crippen molar-refractivity contribution in [3.05, 3.63) is 29.1 Å². The highest BCUT2D eigenvalue weighted by atomic mass is 16.3. The first-order chi connectivity index (χ1) is 17.9. The van der Waals surface area contributed by atoms with E-state index in [0.29, 0.717) is 30.1 Å². The summed E-state index contributed by atoms with van der Waals surface area (Å²) in [6.07, 6.45) is 8.23. The minimum atomic E-state index is -0.268. The Hall–Kier alpha value is -2.94. The average Bonchev–Trinajstić information content (AvgIpc) is 3.72. The first-order valence-corrected chi connectivity index (χ1v) is 14.0. The van der Waals surface area contributed by atoms with Crippen LogP contribution in [0.3, 0.4) is 0 Å². The van der Waals surface area contributed by atoms with Crippen molar-refractivity contribution in [2.75, 3.05) is 32.7 Å². The molecule has 2 saturated carbocycles. The maximum absolute atomic E-state index is 13.6. The Morgan fingerprint density at radius 3 is 2.30 bits per heavy atom. The Morgan fingerprint density at radius 2 is 1.62 bits per heavy atom. The first kappa shape index (κ1) is 24.4. The molecular formula is C28H37N5O4. The molecule has 2 aliphatic carbocycles. The number of fused-ring (bicyclic) bond motifs is 1. The lowest BCUT2D eigenvalue weighted by Crippen LogP contribution is -2.56. The number of nitrogens with zero attached hydrogens (tertiary/aromatic N) is 5. The van der Waals surface area contributed by atoms with E-state index < -0.39 is 0 Å². The summed E-state index contributed by atoms with van der Waals surface area (Å²) < 4.78 is 1.80. The van der Waals surface area contributed by atoms with Crippen molar-refractivity contribution in [1.82, 2.24) is 24.3 Å². The van der Waals surface area contributed by atoms with Gasteiger partial charge in [-0.25, -0.2) is 4.98 Å². The molecule has 1 aromatic heterocycles. The molecule has 4 fully saturated rings. The number of hydrogen-bond acceptors (Lipinski definition) is 5. The molecule has 0 spiro atoms. The molecule has 2 aromatic rings. The predicted octanol–water partition coefficient (Wildman–Crippen LogP) is 2.66. The number of imidazole rings is 1. The van der Waals surface area contributed by atoms with Crippen molar-refractivity contribution in [3.63, 3.8) is 0 Å². The zero-order valence-electron chi connectivity index (χ0n) is 21.7. The lowest BCUT2D eigenvalue weighted by atomic mass is 9.91. The van der Waals surface area contributed by atoms with Crippen molar-refractivity contribution < 1.29 is 19.5 Å². The number of aliphatic hydroxyl groups excluding tert-OH is 1. The molecule has 2 aliphatic heterocycles. The molecule has 2 saturated heterocycles. The third-order valence-electron chi connectivity index (χ3n) is 8.77. The maximum atomic E-state index is 13.6. The molecule has 9 heteroatoms. The molecule has 37 heavy (non-hydrogen) atoms. The van der Waals surface area contributed by atoms with Gasteiger partial charge in [0.05, 0.1) is 17.2 Å². The average molecular weight is 508 g/mol. The topological polar surface area (TPSA) is 99.0 Å². The van der Waals surface area contributed by atoms with Crippen LogP contribution in [0.2, 0.25) is 0 Å². The van der Waals surface area contributed by atoms with E-state index in [1.54, 1.807) is 9.47 Å². The summed E-state index contributed by atoms with van der Waals surface area (Å²) >= 11 is 0. The van der Waals surface area contributed by atoms with Crippen LogP contribution >= 0.6 is 0 Å². The third-order valence-corrected chi connectivity index (χ3v) is 8.77. The minimum absolute atomic E-state index is 0.00527. The number of aromatic nitrogens is 2. The number of carbonyl (C=O) groups is 3. The normalized spacial score (nSPS) is 25.1. The van der Waals surface area contributed by atoms with E-state index >= 15 is 0 Å². The molecule has 1 aromatic carbocycles. The number of aryl methyl sites for hydroxylation is 1. The molecule has 6 rings (SSSR count). The van der Waals surface area contributed by atoms with E-state index in [1.807, 2.05) is 22.9 Å². The lowest BCUT2D eigenvalue weighted by molar-refractivity contribution is -0.138. The van der Waals surface area contributed by atoms with Gasteiger partial charge in [0.15, 0.2) is 5.82 Å². The second-order valence-electron chi connectivity index (χ2n) is 11.3. The van der Waals surface area contributed by atoms with E-state index in [-0.39, 0.29) is 42.2 Å². The Kier molecular flexibility index (Phi) is 6.42. The Labute approximate surface area is 217 Å². The van der Waals surface area contributed by atoms with Crippen LogP contribution in [0, 0.1) is 0 Å². The van der Waals surface area contributed by atoms with Crippen molar-refractivity contribution >= 4 is 28.8 Å². The SMILES string of the molecule is Cn1c(C(=O)N2CCN([C@H]3CC[C@H](O)CC3)C(=O)C2)nc2c(C(=O)N3CCCCC3)cc(C3CC3)cc21. The van der Waals surface area contributed by atoms with Crippen LogP contribution in [0.5, 0.6) is 0 Å². The zero-order chi connectivity index (χ0) is 25.7. The van der Waals surface area contributed by atoms with Crippen LogP contribution in [-0.4, -0.2) is 91.9 Å². The second kappa shape index (κ2) is 9.74. The number of aliphatic hydroxyl groups is 1. The second-order valence-corrected chi connectivity index (χ2v) is 11.3. The smallest absolute Gasteiger partial charge is 0.290 e. The number of rotatable bonds is 4. The van der Waals surface area contributed by atoms with Gasteiger partial charge in [0.2, 0.25) is 5.91 Å². The van der Waals surface area contributed by atoms with Gasteiger partial charge in [-0.15, -0.1) is 0 Å². The summed E-state index contributed by atoms with van der Waals surface area (Å²) in [5, 5.41) is 9.81. The summed E-state index contributed by atoms with van der Waals surface area (Å²) in [5.74, 6) is 0.438. The lowest BCUT2D eigenvalue weighted by Gasteiger charge is -2.41. The van der Waals surface area contributed by atoms with E-state index in [1.165, 1.54) is 0 Å². The Morgan fingerprint density at radius 1 is 0.892 bits per heavy atom. The highest BCUT2D eigenvalue weighted by Gasteiger charge is 2.36. The number of benzene rings is 1. The first-order valence-electron chi connectivity index (χ1n) is 14.0. The molecule has 9 nitrogen and oxygen atoms in total. The van der Waals surface area contributed by atoms with E-state index in [9.17, 15) is 19.5 Å². The van der Waals surface area contributed by atoms with Gasteiger partial charge < -0.3 is 24.4 Å². The molecular weight excluding hydrogens is 470 g/mol. The van der Waals surface area contributed by atoms with Crippen LogP contribution < -0.4 is 0 Å². The highest BCUT2D eigenvalue weighted by Crippen LogP contribution is 2.42. The largest absolute Gasteiger partial charge is 0.393 e. The molecule has 4 aliphatic rings. The van der Waals surface area contributed by atoms with E-state index in [2.05, 4.69) is 6.07 Å². The van der Waals surface area contributed by atoms with Gasteiger partial charge in [-0.1, -0.05) is 0 Å². The van der Waals surface area contributed by atoms with Crippen LogP contribution in [0.15, 0.2) is 12.1 Å². The standard InChI is InChI=1S/C28H37N5O4/c1-30-23-16-19(18-5-6-18)15-22(27(36)31-11-3-2-4-12-31)25(23)29-26(30)28(37)32-13-14-33(24(35)17-32)20-7-9-21(34)10-8-20/h15-16,18,20-21,34H,2-14,17H2,1H3/t20-,21-. The summed E-state index contributed by atoms with van der Waals surface area (Å²) in [4.78, 5) is 50.3. The molecule has 3 amide bonds. The third kappa shape index (κ3) is 4.62. The van der Waals surface area contributed by atoms with Gasteiger partial charge in [0, 0.05) is 39.3 Å². The number of amides is 3. The molecule has 0 atom stereocenters. The number of piperidine rings is 1. The fourth-order valence-electron chi connectivity index (χ4n) is 6.34. The highest BCUT2D eigenvalue weighted by molar-refractivity contribution is 6.07. The predicted molar refractivity (Wildman–Crippen MR) is 138 cm³/mol. The van der Waals surface area contributed by atoms with Gasteiger partial charge in [0.1, 0.15) is 12.1 Å². The quantitative estimate of drug-likeness (QED) is 0.686. The molecule has 3 heterocycles. The van der Waals surface area contributed by atoms with Crippen LogP contribution in [0.25, 0.3) is 11.0 Å². The minimum Gasteiger partial charge on any atom is -0.393 e. The van der Waals surface area contributed by atoms with E-state index in [4.69, 9.17) is 4.98 Å². The van der Waals surface area contributed by atoms with E-state index in [0.717, 1.165) is 82.0 Å². The van der Waals surface area contributed by atoms with Crippen LogP contribution in [0.4, 0.5) is 0 Å². The van der Waals surface area contributed by atoms with Crippen LogP contribution in [0.1, 0.15) is 90.2 Å². The van der Waals surface area contributed by atoms with Gasteiger partial charge in [0.25, 0.3) is 11.8 Å². The number of carbonyl (C=O) groups excluding carboxylic acids is 3. The molecule has 0 radical (unpaired) electrons. The Balaban J connectivity index is 1.26. The molecule has 0 unspecified atom stereocenters. The van der Waals surface area contributed by atoms with Gasteiger partial charge in [-0.2, -0.15) is 0 Å². The van der Waals surface area contributed by atoms with Crippen molar-refractivity contribution in [1.29, 1.82) is 0 Å². The summed E-state index contributed by atoms with van der Waals surface area (Å²) in [5.41, 5.74) is 3.13. The summed E-state index contributed by atoms with van der Waals surface area (Å²) in [7, 11) is 1.83. The van der Waals surface area contributed by atoms with Crippen molar-refractivity contribution in [3.8, 4) is 0 Å². The molecule has 198 valence electrons. The molecule has 0 bridgehead atoms. The number of piperazine rings is 1. The zero-order valence-corrected chi connectivity index (χ0v) is 21.7. The number of hydrogen-bond donors (Lipinski definition) is 1. The van der Waals surface area contributed by atoms with Crippen molar-refractivity contribution in [2.24, 2.45) is 7.05 Å². The van der Waals surface area contributed by atoms with Gasteiger partial charge in [-0.3, -0.25) is 14.4 Å². The Bertz CT molecular complexity index is 1220. The fourth-order valence-corrected chi connectivity index (χ4v) is 6.34.